The molecule has 4 rings (SSSR count). The predicted octanol–water partition coefficient (Wildman–Crippen LogP) is 11.4. The first kappa shape index (κ1) is 44.8. The number of benzene rings is 2. The molecule has 55 heavy (non-hydrogen) atoms. The number of hydrogen-bond acceptors (Lipinski definition) is 7. The number of aliphatic hydroxyl groups is 1. The number of pyridine rings is 2. The molecule has 0 aliphatic rings. The number of carbonyl (C=O) groups is 1. The normalized spacial score (nSPS) is 13.0. The van der Waals surface area contributed by atoms with Crippen molar-refractivity contribution < 1.29 is 76.8 Å². The molecule has 0 saturated carbocycles. The summed E-state index contributed by atoms with van der Waals surface area (Å²) >= 11 is 0. The molecule has 0 fully saturated rings. The molecule has 1 N–H and O–H groups in total. The monoisotopic (exact) mass is 804 g/mol. The first-order chi connectivity index (χ1) is 25.5. The minimum absolute atomic E-state index is 0.0769. The third kappa shape index (κ3) is 13.9. The van der Waals surface area contributed by atoms with Crippen LogP contribution in [0.2, 0.25) is 0 Å². The molecule has 0 aliphatic heterocycles. The zero-order valence-corrected chi connectivity index (χ0v) is 29.3. The number of alkyl halides is 12. The highest BCUT2D eigenvalue weighted by atomic mass is 19.4. The summed E-state index contributed by atoms with van der Waals surface area (Å²) in [5, 5.41) is 11.2. The Kier molecular flexibility index (Phi) is 15.4. The van der Waals surface area contributed by atoms with Crippen molar-refractivity contribution in [3.05, 3.63) is 70.9 Å². The molecule has 2 aromatic carbocycles. The number of aromatic nitrogens is 2. The summed E-state index contributed by atoms with van der Waals surface area (Å²) < 4.78 is 166. The van der Waals surface area contributed by atoms with E-state index in [-0.39, 0.29) is 17.5 Å². The smallest absolute Gasteiger partial charge is 0.422 e. The van der Waals surface area contributed by atoms with Gasteiger partial charge in [-0.3, -0.25) is 0 Å². The molecule has 7 nitrogen and oxygen atoms in total. The molecule has 0 radical (unpaired) electrons. The Morgan fingerprint density at radius 2 is 1.36 bits per heavy atom. The van der Waals surface area contributed by atoms with E-state index < -0.39 is 83.8 Å². The van der Waals surface area contributed by atoms with E-state index in [0.29, 0.717) is 29.6 Å². The lowest BCUT2D eigenvalue weighted by Crippen LogP contribution is -2.22. The van der Waals surface area contributed by atoms with Crippen LogP contribution < -0.4 is 9.47 Å². The van der Waals surface area contributed by atoms with Crippen molar-refractivity contribution in [1.82, 2.24) is 9.97 Å². The Morgan fingerprint density at radius 1 is 0.745 bits per heavy atom. The minimum atomic E-state index is -5.03. The molecule has 304 valence electrons. The second-order valence-electron chi connectivity index (χ2n) is 12.1. The fourth-order valence-corrected chi connectivity index (χ4v) is 5.19. The van der Waals surface area contributed by atoms with Crippen LogP contribution in [0.25, 0.3) is 21.8 Å². The zero-order valence-electron chi connectivity index (χ0n) is 29.3. The number of unbranched alkanes of at least 4 members (excludes halogenated alkanes) is 5. The summed E-state index contributed by atoms with van der Waals surface area (Å²) in [6.45, 7) is -0.274. The van der Waals surface area contributed by atoms with Gasteiger partial charge in [0, 0.05) is 17.0 Å². The molecule has 0 saturated heterocycles. The van der Waals surface area contributed by atoms with Gasteiger partial charge in [0.25, 0.3) is 0 Å². The summed E-state index contributed by atoms with van der Waals surface area (Å²) in [5.41, 5.74) is -3.23. The van der Waals surface area contributed by atoms with Crippen molar-refractivity contribution >= 4 is 27.8 Å². The first-order valence-electron chi connectivity index (χ1n) is 16.8. The Bertz CT molecular complexity index is 1880. The van der Waals surface area contributed by atoms with Gasteiger partial charge in [-0.25, -0.2) is 14.8 Å². The van der Waals surface area contributed by atoms with Gasteiger partial charge in [-0.2, -0.15) is 52.7 Å². The number of fused-ring (bicyclic) bond motifs is 2. The largest absolute Gasteiger partial charge is 0.483 e. The SMILES string of the molecule is CCCCCCCCC(O)c1ccc2cc3ccc(OCC(F)(F)F)c(C(F)(F)F)c3nc2c1.CCOC(=O)c1cnc(OCC(F)(F)F)c(C(F)(F)F)c1. The van der Waals surface area contributed by atoms with Crippen LogP contribution in [0.1, 0.15) is 91.9 Å². The Labute approximate surface area is 306 Å². The van der Waals surface area contributed by atoms with Gasteiger partial charge in [0.1, 0.15) is 16.9 Å². The predicted molar refractivity (Wildman–Crippen MR) is 175 cm³/mol. The van der Waals surface area contributed by atoms with E-state index in [9.17, 15) is 62.6 Å². The highest BCUT2D eigenvalue weighted by Crippen LogP contribution is 2.42. The molecule has 0 amide bonds. The Morgan fingerprint density at radius 3 is 1.96 bits per heavy atom. The molecule has 0 bridgehead atoms. The van der Waals surface area contributed by atoms with Crippen LogP contribution in [0.5, 0.6) is 11.6 Å². The van der Waals surface area contributed by atoms with Crippen molar-refractivity contribution in [3.63, 3.8) is 0 Å². The van der Waals surface area contributed by atoms with Crippen molar-refractivity contribution in [2.75, 3.05) is 19.8 Å². The lowest BCUT2D eigenvalue weighted by Gasteiger charge is -2.17. The molecular formula is C36H36F12N2O5. The highest BCUT2D eigenvalue weighted by molar-refractivity contribution is 5.95. The molecule has 0 aliphatic carbocycles. The fourth-order valence-electron chi connectivity index (χ4n) is 5.19. The highest BCUT2D eigenvalue weighted by Gasteiger charge is 2.40. The van der Waals surface area contributed by atoms with Gasteiger partial charge >= 0.3 is 30.7 Å². The maximum absolute atomic E-state index is 13.8. The second kappa shape index (κ2) is 18.9. The fraction of sp³-hybridized carbons (Fsp3) is 0.472. The molecule has 2 heterocycles. The van der Waals surface area contributed by atoms with E-state index in [1.807, 2.05) is 0 Å². The molecule has 2 aromatic heterocycles. The summed E-state index contributed by atoms with van der Waals surface area (Å²) in [6.07, 6.45) is -12.8. The maximum atomic E-state index is 13.8. The summed E-state index contributed by atoms with van der Waals surface area (Å²) in [6, 6.07) is 8.86. The Hall–Kier alpha value is -4.55. The topological polar surface area (TPSA) is 90.8 Å². The summed E-state index contributed by atoms with van der Waals surface area (Å²) in [4.78, 5) is 18.5. The molecule has 0 spiro atoms. The third-order valence-electron chi connectivity index (χ3n) is 7.70. The number of aliphatic hydroxyl groups excluding tert-OH is 1. The number of nitrogens with zero attached hydrogens (tertiary/aromatic N) is 2. The van der Waals surface area contributed by atoms with E-state index in [1.54, 1.807) is 12.1 Å². The average Bonchev–Trinajstić information content (AvgIpc) is 3.08. The van der Waals surface area contributed by atoms with E-state index in [2.05, 4.69) is 31.1 Å². The number of rotatable bonds is 14. The van der Waals surface area contributed by atoms with Crippen molar-refractivity contribution in [2.24, 2.45) is 0 Å². The quantitative estimate of drug-likeness (QED) is 0.0587. The van der Waals surface area contributed by atoms with Crippen LogP contribution in [0.4, 0.5) is 52.7 Å². The second-order valence-corrected chi connectivity index (χ2v) is 12.1. The van der Waals surface area contributed by atoms with Crippen LogP contribution >= 0.6 is 0 Å². The standard InChI is InChI=1S/C25H27F6NO2.C11H9F6NO3/c1-2-3-4-5-6-7-8-20(33)17-10-9-16-13-18-11-12-21(34-15-24(26,27)28)22(25(29,30)31)23(18)32-19(16)14-17;1-2-20-9(19)6-3-7(11(15,16)17)8(18-4-6)21-5-10(12,13)14/h9-14,20,33H,2-8,15H2,1H3;3-4H,2,5H2,1H3. The van der Waals surface area contributed by atoms with E-state index in [0.717, 1.165) is 38.2 Å². The van der Waals surface area contributed by atoms with E-state index in [1.165, 1.54) is 31.5 Å². The molecule has 4 aromatic rings. The lowest BCUT2D eigenvalue weighted by atomic mass is 9.99. The average molecular weight is 805 g/mol. The molecule has 1 unspecified atom stereocenters. The van der Waals surface area contributed by atoms with Crippen LogP contribution in [0.15, 0.2) is 48.7 Å². The van der Waals surface area contributed by atoms with Crippen LogP contribution in [-0.4, -0.2) is 53.2 Å². The molecule has 1 atom stereocenters. The summed E-state index contributed by atoms with van der Waals surface area (Å²) in [7, 11) is 0. The third-order valence-corrected chi connectivity index (χ3v) is 7.70. The van der Waals surface area contributed by atoms with Crippen LogP contribution in [0.3, 0.4) is 0 Å². The maximum Gasteiger partial charge on any atom is 0.422 e. The molecule has 19 heteroatoms. The Balaban J connectivity index is 0.000000332. The van der Waals surface area contributed by atoms with Gasteiger partial charge in [0.05, 0.1) is 29.3 Å². The number of esters is 1. The van der Waals surface area contributed by atoms with Gasteiger partial charge in [-0.15, -0.1) is 0 Å². The molecular weight excluding hydrogens is 768 g/mol. The van der Waals surface area contributed by atoms with Crippen molar-refractivity contribution in [1.29, 1.82) is 0 Å². The number of halogens is 12. The zero-order chi connectivity index (χ0) is 41.2. The number of hydrogen-bond donors (Lipinski definition) is 1. The van der Waals surface area contributed by atoms with Gasteiger partial charge in [0.2, 0.25) is 5.88 Å². The minimum Gasteiger partial charge on any atom is -0.483 e. The van der Waals surface area contributed by atoms with Gasteiger partial charge in [-0.1, -0.05) is 57.6 Å². The lowest BCUT2D eigenvalue weighted by molar-refractivity contribution is -0.159. The van der Waals surface area contributed by atoms with Gasteiger partial charge in [0.15, 0.2) is 13.2 Å². The van der Waals surface area contributed by atoms with Crippen LogP contribution in [0, 0.1) is 0 Å². The van der Waals surface area contributed by atoms with E-state index >= 15 is 0 Å². The van der Waals surface area contributed by atoms with Crippen molar-refractivity contribution in [2.45, 2.75) is 89.6 Å². The van der Waals surface area contributed by atoms with Gasteiger partial charge in [-0.05, 0) is 49.2 Å². The van der Waals surface area contributed by atoms with Gasteiger partial charge < -0.3 is 19.3 Å². The summed E-state index contributed by atoms with van der Waals surface area (Å²) in [5.74, 6) is -3.26. The number of ether oxygens (including phenoxy) is 3. The van der Waals surface area contributed by atoms with Crippen LogP contribution in [-0.2, 0) is 17.1 Å². The number of carbonyl (C=O) groups excluding carboxylic acids is 1. The van der Waals surface area contributed by atoms with E-state index in [4.69, 9.17) is 0 Å². The first-order valence-corrected chi connectivity index (χ1v) is 16.8. The van der Waals surface area contributed by atoms with Crippen molar-refractivity contribution in [3.8, 4) is 11.6 Å².